The second-order valence-corrected chi connectivity index (χ2v) is 6.08. The Morgan fingerprint density at radius 2 is 2.30 bits per heavy atom. The predicted octanol–water partition coefficient (Wildman–Crippen LogP) is 3.53. The predicted molar refractivity (Wildman–Crippen MR) is 82.5 cm³/mol. The number of aromatic nitrogens is 1. The van der Waals surface area contributed by atoms with Gasteiger partial charge in [0, 0.05) is 18.1 Å². The largest absolute Gasteiger partial charge is 0.374 e. The van der Waals surface area contributed by atoms with E-state index in [1.54, 1.807) is 0 Å². The van der Waals surface area contributed by atoms with Crippen LogP contribution in [-0.4, -0.2) is 30.3 Å². The summed E-state index contributed by atoms with van der Waals surface area (Å²) in [5.74, 6) is 1.66. The molecular weight excluding hydrogens is 272 g/mol. The molecule has 0 aromatic carbocycles. The van der Waals surface area contributed by atoms with E-state index >= 15 is 0 Å². The van der Waals surface area contributed by atoms with E-state index in [0.29, 0.717) is 18.0 Å². The quantitative estimate of drug-likeness (QED) is 0.794. The van der Waals surface area contributed by atoms with Gasteiger partial charge in [-0.1, -0.05) is 13.3 Å². The van der Waals surface area contributed by atoms with Crippen molar-refractivity contribution in [2.45, 2.75) is 57.1 Å². The Morgan fingerprint density at radius 1 is 1.40 bits per heavy atom. The molecule has 2 aliphatic rings. The van der Waals surface area contributed by atoms with Crippen LogP contribution in [0.5, 0.6) is 0 Å². The number of rotatable bonds is 4. The number of aryl methyl sites for hydroxylation is 1. The number of hydrogen-bond donors (Lipinski definition) is 0. The molecule has 0 amide bonds. The van der Waals surface area contributed by atoms with Gasteiger partial charge in [-0.05, 0) is 43.4 Å². The Labute approximate surface area is 126 Å². The first kappa shape index (κ1) is 14.2. The second-order valence-electron chi connectivity index (χ2n) is 5.81. The highest BCUT2D eigenvalue weighted by Gasteiger charge is 2.36. The van der Waals surface area contributed by atoms with Gasteiger partial charge in [-0.15, -0.1) is 11.6 Å². The normalized spacial score (nSPS) is 25.8. The fraction of sp³-hybridized carbons (Fsp3) is 0.688. The first-order chi connectivity index (χ1) is 9.81. The van der Waals surface area contributed by atoms with E-state index in [0.717, 1.165) is 31.8 Å². The lowest BCUT2D eigenvalue weighted by molar-refractivity contribution is 0.0253. The standard InChI is InChI=1S/C16H23ClN2O/c1-2-4-13-9-12(11-17)10-16(18-13)19-7-8-20-15-6-3-5-14(15)19/h9-10,14-15H,2-8,11H2,1H3. The fourth-order valence-corrected chi connectivity index (χ4v) is 3.61. The fourth-order valence-electron chi connectivity index (χ4n) is 3.45. The van der Waals surface area contributed by atoms with Crippen LogP contribution in [0.2, 0.25) is 0 Å². The van der Waals surface area contributed by atoms with Crippen LogP contribution in [0, 0.1) is 0 Å². The minimum Gasteiger partial charge on any atom is -0.374 e. The minimum absolute atomic E-state index is 0.403. The molecule has 1 aliphatic carbocycles. The molecule has 1 saturated heterocycles. The average Bonchev–Trinajstić information content (AvgIpc) is 2.95. The maximum Gasteiger partial charge on any atom is 0.129 e. The maximum atomic E-state index is 6.05. The van der Waals surface area contributed by atoms with Gasteiger partial charge in [0.25, 0.3) is 0 Å². The third-order valence-electron chi connectivity index (χ3n) is 4.36. The SMILES string of the molecule is CCCc1cc(CCl)cc(N2CCOC3CCCC32)n1. The maximum absolute atomic E-state index is 6.05. The van der Waals surface area contributed by atoms with Crippen LogP contribution >= 0.6 is 11.6 Å². The first-order valence-electron chi connectivity index (χ1n) is 7.76. The molecule has 0 radical (unpaired) electrons. The molecule has 0 spiro atoms. The molecular formula is C16H23ClN2O. The van der Waals surface area contributed by atoms with E-state index in [4.69, 9.17) is 21.3 Å². The third kappa shape index (κ3) is 2.79. The summed E-state index contributed by atoms with van der Waals surface area (Å²) in [6, 6.07) is 4.82. The molecule has 20 heavy (non-hydrogen) atoms. The van der Waals surface area contributed by atoms with E-state index in [-0.39, 0.29) is 0 Å². The molecule has 3 rings (SSSR count). The van der Waals surface area contributed by atoms with Gasteiger partial charge in [-0.3, -0.25) is 0 Å². The van der Waals surface area contributed by atoms with Crippen LogP contribution in [-0.2, 0) is 17.0 Å². The van der Waals surface area contributed by atoms with E-state index in [1.165, 1.54) is 30.5 Å². The Kier molecular flexibility index (Phi) is 4.47. The third-order valence-corrected chi connectivity index (χ3v) is 4.67. The number of ether oxygens (including phenoxy) is 1. The van der Waals surface area contributed by atoms with Gasteiger partial charge < -0.3 is 9.64 Å². The van der Waals surface area contributed by atoms with Crippen LogP contribution in [0.25, 0.3) is 0 Å². The van der Waals surface area contributed by atoms with Gasteiger partial charge in [0.15, 0.2) is 0 Å². The summed E-state index contributed by atoms with van der Waals surface area (Å²) < 4.78 is 5.89. The second kappa shape index (κ2) is 6.31. The highest BCUT2D eigenvalue weighted by atomic mass is 35.5. The summed E-state index contributed by atoms with van der Waals surface area (Å²) in [7, 11) is 0. The monoisotopic (exact) mass is 294 g/mol. The van der Waals surface area contributed by atoms with E-state index in [1.807, 2.05) is 0 Å². The summed E-state index contributed by atoms with van der Waals surface area (Å²) in [5.41, 5.74) is 2.35. The Hall–Kier alpha value is -0.800. The van der Waals surface area contributed by atoms with Crippen molar-refractivity contribution >= 4 is 17.4 Å². The molecule has 1 aromatic heterocycles. The molecule has 1 aromatic rings. The van der Waals surface area contributed by atoms with Crippen molar-refractivity contribution in [2.24, 2.45) is 0 Å². The number of anilines is 1. The zero-order valence-electron chi connectivity index (χ0n) is 12.1. The van der Waals surface area contributed by atoms with Gasteiger partial charge in [-0.2, -0.15) is 0 Å². The van der Waals surface area contributed by atoms with Gasteiger partial charge in [0.1, 0.15) is 5.82 Å². The van der Waals surface area contributed by atoms with Crippen molar-refractivity contribution in [1.82, 2.24) is 4.98 Å². The molecule has 110 valence electrons. The number of pyridine rings is 1. The topological polar surface area (TPSA) is 25.4 Å². The zero-order chi connectivity index (χ0) is 13.9. The lowest BCUT2D eigenvalue weighted by Gasteiger charge is -2.38. The van der Waals surface area contributed by atoms with Crippen molar-refractivity contribution in [3.8, 4) is 0 Å². The summed E-state index contributed by atoms with van der Waals surface area (Å²) in [5, 5.41) is 0. The zero-order valence-corrected chi connectivity index (χ0v) is 12.9. The molecule has 4 heteroatoms. The van der Waals surface area contributed by atoms with E-state index in [9.17, 15) is 0 Å². The lowest BCUT2D eigenvalue weighted by atomic mass is 10.1. The lowest BCUT2D eigenvalue weighted by Crippen LogP contribution is -2.49. The molecule has 1 saturated carbocycles. The van der Waals surface area contributed by atoms with Crippen molar-refractivity contribution in [3.05, 3.63) is 23.4 Å². The number of halogens is 1. The van der Waals surface area contributed by atoms with Crippen LogP contribution in [0.1, 0.15) is 43.9 Å². The Balaban J connectivity index is 1.89. The summed E-state index contributed by atoms with van der Waals surface area (Å²) in [6.45, 7) is 3.96. The Morgan fingerprint density at radius 3 is 3.10 bits per heavy atom. The number of hydrogen-bond acceptors (Lipinski definition) is 3. The number of alkyl halides is 1. The molecule has 2 heterocycles. The van der Waals surface area contributed by atoms with Crippen LogP contribution in [0.4, 0.5) is 5.82 Å². The van der Waals surface area contributed by atoms with E-state index < -0.39 is 0 Å². The molecule has 2 unspecified atom stereocenters. The summed E-state index contributed by atoms with van der Waals surface area (Å²) >= 11 is 6.05. The number of nitrogens with zero attached hydrogens (tertiary/aromatic N) is 2. The van der Waals surface area contributed by atoms with Crippen molar-refractivity contribution in [2.75, 3.05) is 18.1 Å². The van der Waals surface area contributed by atoms with Crippen LogP contribution in [0.15, 0.2) is 12.1 Å². The molecule has 2 fully saturated rings. The Bertz CT molecular complexity index is 466. The molecule has 0 N–H and O–H groups in total. The molecule has 3 nitrogen and oxygen atoms in total. The van der Waals surface area contributed by atoms with Gasteiger partial charge >= 0.3 is 0 Å². The van der Waals surface area contributed by atoms with Gasteiger partial charge in [0.05, 0.1) is 18.8 Å². The smallest absolute Gasteiger partial charge is 0.129 e. The number of fused-ring (bicyclic) bond motifs is 1. The molecule has 2 atom stereocenters. The van der Waals surface area contributed by atoms with Crippen LogP contribution in [0.3, 0.4) is 0 Å². The van der Waals surface area contributed by atoms with Gasteiger partial charge in [-0.25, -0.2) is 4.98 Å². The van der Waals surface area contributed by atoms with E-state index in [2.05, 4.69) is 24.0 Å². The average molecular weight is 295 g/mol. The summed E-state index contributed by atoms with van der Waals surface area (Å²) in [4.78, 5) is 7.32. The van der Waals surface area contributed by atoms with Crippen molar-refractivity contribution in [3.63, 3.8) is 0 Å². The van der Waals surface area contributed by atoms with Gasteiger partial charge in [0.2, 0.25) is 0 Å². The van der Waals surface area contributed by atoms with Crippen LogP contribution < -0.4 is 4.90 Å². The first-order valence-corrected chi connectivity index (χ1v) is 8.29. The van der Waals surface area contributed by atoms with Crippen molar-refractivity contribution in [1.29, 1.82) is 0 Å². The minimum atomic E-state index is 0.403. The number of morpholine rings is 1. The summed E-state index contributed by atoms with van der Waals surface area (Å²) in [6.07, 6.45) is 6.23. The highest BCUT2D eigenvalue weighted by Crippen LogP contribution is 2.33. The highest BCUT2D eigenvalue weighted by molar-refractivity contribution is 6.17. The molecule has 0 bridgehead atoms. The van der Waals surface area contributed by atoms with Crippen molar-refractivity contribution < 1.29 is 4.74 Å². The molecule has 1 aliphatic heterocycles.